The first kappa shape index (κ1) is 19.2. The number of thiophene rings is 2. The van der Waals surface area contributed by atoms with Crippen molar-refractivity contribution in [2.24, 2.45) is 0 Å². The molecule has 6 rings (SSSR count). The van der Waals surface area contributed by atoms with Gasteiger partial charge in [-0.15, -0.1) is 22.7 Å². The van der Waals surface area contributed by atoms with Crippen LogP contribution in [-0.2, 0) is 12.8 Å². The van der Waals surface area contributed by atoms with Gasteiger partial charge in [0.15, 0.2) is 0 Å². The molecular weight excluding hydrogens is 444 g/mol. The Kier molecular flexibility index (Phi) is 4.66. The molecule has 0 bridgehead atoms. The maximum Gasteiger partial charge on any atom is 0.260 e. The number of aromatic amines is 1. The van der Waals surface area contributed by atoms with Gasteiger partial charge >= 0.3 is 0 Å². The molecule has 0 aliphatic heterocycles. The van der Waals surface area contributed by atoms with Crippen molar-refractivity contribution in [2.75, 3.05) is 0 Å². The van der Waals surface area contributed by atoms with Gasteiger partial charge in [0, 0.05) is 21.2 Å². The summed E-state index contributed by atoms with van der Waals surface area (Å²) in [6.07, 6.45) is 5.10. The van der Waals surface area contributed by atoms with E-state index in [9.17, 15) is 4.79 Å². The zero-order chi connectivity index (χ0) is 20.9. The van der Waals surface area contributed by atoms with Crippen molar-refractivity contribution >= 4 is 54.9 Å². The minimum atomic E-state index is -0.0863. The Labute approximate surface area is 190 Å². The van der Waals surface area contributed by atoms with E-state index in [1.165, 1.54) is 33.6 Å². The number of nitrogens with one attached hydrogen (secondary N) is 1. The smallest absolute Gasteiger partial charge is 0.260 e. The van der Waals surface area contributed by atoms with Crippen LogP contribution < -0.4 is 5.56 Å². The summed E-state index contributed by atoms with van der Waals surface area (Å²) in [6.45, 7) is 2.07. The fourth-order valence-corrected chi connectivity index (χ4v) is 7.45. The largest absolute Gasteiger partial charge is 0.309 e. The number of aromatic nitrogens is 4. The lowest BCUT2D eigenvalue weighted by atomic mass is 10.1. The third-order valence-electron chi connectivity index (χ3n) is 5.69. The van der Waals surface area contributed by atoms with E-state index < -0.39 is 0 Å². The normalized spacial score (nSPS) is 14.4. The van der Waals surface area contributed by atoms with Crippen LogP contribution in [0.5, 0.6) is 0 Å². The van der Waals surface area contributed by atoms with Crippen LogP contribution in [0.2, 0.25) is 0 Å². The first-order chi connectivity index (χ1) is 15.2. The molecule has 1 aliphatic carbocycles. The van der Waals surface area contributed by atoms with E-state index in [2.05, 4.69) is 21.9 Å². The molecule has 4 heterocycles. The Morgan fingerprint density at radius 3 is 2.84 bits per heavy atom. The Morgan fingerprint density at radius 2 is 1.97 bits per heavy atom. The summed E-state index contributed by atoms with van der Waals surface area (Å²) in [5.41, 5.74) is 3.30. The van der Waals surface area contributed by atoms with Crippen molar-refractivity contribution in [3.05, 3.63) is 68.7 Å². The number of fused-ring (bicyclic) bond motifs is 4. The van der Waals surface area contributed by atoms with Crippen LogP contribution in [0, 0.1) is 0 Å². The molecule has 31 heavy (non-hydrogen) atoms. The van der Waals surface area contributed by atoms with Gasteiger partial charge in [0.2, 0.25) is 0 Å². The second-order valence-corrected chi connectivity index (χ2v) is 10.9. The summed E-state index contributed by atoms with van der Waals surface area (Å²) in [5, 5.41) is 4.83. The monoisotopic (exact) mass is 462 g/mol. The van der Waals surface area contributed by atoms with Crippen LogP contribution in [0.25, 0.3) is 31.6 Å². The second kappa shape index (κ2) is 7.55. The molecule has 5 aromatic rings. The van der Waals surface area contributed by atoms with Gasteiger partial charge < -0.3 is 4.98 Å². The molecule has 1 aliphatic rings. The third kappa shape index (κ3) is 3.21. The average Bonchev–Trinajstić information content (AvgIpc) is 3.49. The summed E-state index contributed by atoms with van der Waals surface area (Å²) in [5.74, 6) is 0.683. The van der Waals surface area contributed by atoms with Crippen LogP contribution in [0.1, 0.15) is 34.9 Å². The SMILES string of the molecule is CC(Sc1ncnc2sc3c(c12)CCC3)c1nc2scc(-c3ccccc3)c2c(=O)[nH]1. The van der Waals surface area contributed by atoms with Crippen LogP contribution >= 0.6 is 34.4 Å². The van der Waals surface area contributed by atoms with Gasteiger partial charge in [0.25, 0.3) is 5.56 Å². The van der Waals surface area contributed by atoms with Crippen LogP contribution in [0.4, 0.5) is 0 Å². The third-order valence-corrected chi connectivity index (χ3v) is 8.87. The van der Waals surface area contributed by atoms with Crippen molar-refractivity contribution in [1.29, 1.82) is 0 Å². The number of thioether (sulfide) groups is 1. The molecule has 1 N–H and O–H groups in total. The topological polar surface area (TPSA) is 71.5 Å². The van der Waals surface area contributed by atoms with E-state index in [0.29, 0.717) is 11.2 Å². The first-order valence-corrected chi connectivity index (χ1v) is 12.8. The standard InChI is InChI=1S/C23H18N4OS3/c1-12(30-21-18-14-8-5-9-16(14)31-22(18)25-11-24-21)19-26-20(28)17-15(10-29-23(17)27-19)13-6-3-2-4-7-13/h2-4,6-7,10-12H,5,8-9H2,1H3,(H,26,27,28). The predicted molar refractivity (Wildman–Crippen MR) is 129 cm³/mol. The lowest BCUT2D eigenvalue weighted by Crippen LogP contribution is -2.12. The zero-order valence-corrected chi connectivity index (χ0v) is 19.2. The van der Waals surface area contributed by atoms with E-state index in [1.54, 1.807) is 29.4 Å². The van der Waals surface area contributed by atoms with Gasteiger partial charge in [0.05, 0.1) is 10.6 Å². The number of benzene rings is 1. The summed E-state index contributed by atoms with van der Waals surface area (Å²) < 4.78 is 0. The molecule has 8 heteroatoms. The van der Waals surface area contributed by atoms with E-state index in [-0.39, 0.29) is 10.8 Å². The Balaban J connectivity index is 1.38. The lowest BCUT2D eigenvalue weighted by Gasteiger charge is -2.11. The molecule has 0 saturated heterocycles. The Bertz CT molecular complexity index is 1490. The highest BCUT2D eigenvalue weighted by Gasteiger charge is 2.23. The van der Waals surface area contributed by atoms with Crippen molar-refractivity contribution in [1.82, 2.24) is 19.9 Å². The highest BCUT2D eigenvalue weighted by Crippen LogP contribution is 2.43. The van der Waals surface area contributed by atoms with Gasteiger partial charge in [-0.25, -0.2) is 15.0 Å². The number of hydrogen-bond acceptors (Lipinski definition) is 7. The van der Waals surface area contributed by atoms with E-state index >= 15 is 0 Å². The fourth-order valence-electron chi connectivity index (χ4n) is 4.20. The predicted octanol–water partition coefficient (Wildman–Crippen LogP) is 6.00. The van der Waals surface area contributed by atoms with E-state index in [4.69, 9.17) is 4.98 Å². The Hall–Kier alpha value is -2.55. The first-order valence-electron chi connectivity index (χ1n) is 10.2. The minimum Gasteiger partial charge on any atom is -0.309 e. The highest BCUT2D eigenvalue weighted by atomic mass is 32.2. The number of rotatable bonds is 4. The summed E-state index contributed by atoms with van der Waals surface area (Å²) >= 11 is 4.95. The minimum absolute atomic E-state index is 0.0329. The van der Waals surface area contributed by atoms with Crippen LogP contribution in [-0.4, -0.2) is 19.9 Å². The van der Waals surface area contributed by atoms with Crippen LogP contribution in [0.15, 0.2) is 51.9 Å². The number of H-pyrrole nitrogens is 1. The van der Waals surface area contributed by atoms with Gasteiger partial charge in [-0.05, 0) is 37.3 Å². The lowest BCUT2D eigenvalue weighted by molar-refractivity contribution is 0.912. The molecule has 4 aromatic heterocycles. The quantitative estimate of drug-likeness (QED) is 0.262. The summed E-state index contributed by atoms with van der Waals surface area (Å²) in [6, 6.07) is 9.98. The molecule has 0 radical (unpaired) electrons. The van der Waals surface area contributed by atoms with Crippen molar-refractivity contribution < 1.29 is 0 Å². The van der Waals surface area contributed by atoms with Gasteiger partial charge in [-0.3, -0.25) is 4.79 Å². The van der Waals surface area contributed by atoms with Gasteiger partial charge in [-0.1, -0.05) is 42.1 Å². The molecule has 1 aromatic carbocycles. The van der Waals surface area contributed by atoms with Gasteiger partial charge in [0.1, 0.15) is 26.8 Å². The number of aryl methyl sites for hydroxylation is 2. The van der Waals surface area contributed by atoms with Crippen molar-refractivity contribution in [3.63, 3.8) is 0 Å². The molecule has 1 atom stereocenters. The van der Waals surface area contributed by atoms with Crippen LogP contribution in [0.3, 0.4) is 0 Å². The molecular formula is C23H18N4OS3. The van der Waals surface area contributed by atoms with Crippen molar-refractivity contribution in [2.45, 2.75) is 36.5 Å². The zero-order valence-electron chi connectivity index (χ0n) is 16.7. The maximum atomic E-state index is 13.0. The molecule has 0 amide bonds. The number of nitrogens with zero attached hydrogens (tertiary/aromatic N) is 3. The average molecular weight is 463 g/mol. The molecule has 0 saturated carbocycles. The van der Waals surface area contributed by atoms with E-state index in [1.807, 2.05) is 35.7 Å². The number of hydrogen-bond donors (Lipinski definition) is 1. The van der Waals surface area contributed by atoms with Gasteiger partial charge in [-0.2, -0.15) is 0 Å². The molecule has 1 unspecified atom stereocenters. The molecule has 154 valence electrons. The Morgan fingerprint density at radius 1 is 1.10 bits per heavy atom. The molecule has 0 spiro atoms. The van der Waals surface area contributed by atoms with E-state index in [0.717, 1.165) is 38.7 Å². The van der Waals surface area contributed by atoms with Crippen molar-refractivity contribution in [3.8, 4) is 11.1 Å². The fraction of sp³-hybridized carbons (Fsp3) is 0.217. The second-order valence-electron chi connectivity index (χ2n) is 7.62. The summed E-state index contributed by atoms with van der Waals surface area (Å²) in [7, 11) is 0. The summed E-state index contributed by atoms with van der Waals surface area (Å²) in [4.78, 5) is 33.2. The maximum absolute atomic E-state index is 13.0. The molecule has 0 fully saturated rings. The highest BCUT2D eigenvalue weighted by molar-refractivity contribution is 7.99. The molecule has 5 nitrogen and oxygen atoms in total.